The summed E-state index contributed by atoms with van der Waals surface area (Å²) in [5.41, 5.74) is 4.00. The predicted molar refractivity (Wildman–Crippen MR) is 61.6 cm³/mol. The number of carbonyl (C=O) groups is 1. The number of carboxylic acids is 1. The molecule has 0 saturated heterocycles. The van der Waals surface area contributed by atoms with Crippen LogP contribution in [0.25, 0.3) is 11.4 Å². The minimum absolute atomic E-state index is 0.258. The van der Waals surface area contributed by atoms with Gasteiger partial charge in [0.2, 0.25) is 0 Å². The van der Waals surface area contributed by atoms with E-state index in [1.54, 1.807) is 6.92 Å². The van der Waals surface area contributed by atoms with Gasteiger partial charge in [0.05, 0.1) is 11.4 Å². The fraction of sp³-hybridized carbons (Fsp3) is 0.250. The zero-order valence-corrected chi connectivity index (χ0v) is 9.53. The van der Waals surface area contributed by atoms with Crippen molar-refractivity contribution < 1.29 is 9.90 Å². The predicted octanol–water partition coefficient (Wildman–Crippen LogP) is 2.34. The molecule has 0 bridgehead atoms. The van der Waals surface area contributed by atoms with Crippen LogP contribution in [0, 0.1) is 13.8 Å². The second kappa shape index (κ2) is 3.56. The van der Waals surface area contributed by atoms with Gasteiger partial charge in [-0.15, -0.1) is 0 Å². The van der Waals surface area contributed by atoms with Gasteiger partial charge in [-0.3, -0.25) is 0 Å². The Balaban J connectivity index is 2.53. The SMILES string of the molecule is Cc1cc(-c2cc(C)c(C(=O)O)[nH]2)n(C)c1. The summed E-state index contributed by atoms with van der Waals surface area (Å²) in [6.45, 7) is 3.80. The summed E-state index contributed by atoms with van der Waals surface area (Å²) in [4.78, 5) is 13.8. The minimum Gasteiger partial charge on any atom is -0.477 e. The van der Waals surface area contributed by atoms with Crippen molar-refractivity contribution in [1.82, 2.24) is 9.55 Å². The summed E-state index contributed by atoms with van der Waals surface area (Å²) < 4.78 is 1.98. The maximum absolute atomic E-state index is 10.9. The average molecular weight is 218 g/mol. The zero-order chi connectivity index (χ0) is 11.9. The molecule has 4 nitrogen and oxygen atoms in total. The molecule has 0 aromatic carbocycles. The van der Waals surface area contributed by atoms with E-state index in [1.807, 2.05) is 36.9 Å². The van der Waals surface area contributed by atoms with E-state index in [1.165, 1.54) is 0 Å². The van der Waals surface area contributed by atoms with Crippen molar-refractivity contribution in [2.75, 3.05) is 0 Å². The maximum Gasteiger partial charge on any atom is 0.352 e. The quantitative estimate of drug-likeness (QED) is 0.812. The molecule has 2 aromatic rings. The third kappa shape index (κ3) is 1.62. The van der Waals surface area contributed by atoms with Gasteiger partial charge in [0.1, 0.15) is 5.69 Å². The van der Waals surface area contributed by atoms with Crippen LogP contribution in [0.3, 0.4) is 0 Å². The highest BCUT2D eigenvalue weighted by Gasteiger charge is 2.13. The van der Waals surface area contributed by atoms with Crippen LogP contribution < -0.4 is 0 Å². The number of aryl methyl sites for hydroxylation is 3. The number of hydrogen-bond donors (Lipinski definition) is 2. The lowest BCUT2D eigenvalue weighted by Gasteiger charge is -1.99. The summed E-state index contributed by atoms with van der Waals surface area (Å²) >= 11 is 0. The van der Waals surface area contributed by atoms with E-state index in [2.05, 4.69) is 4.98 Å². The van der Waals surface area contributed by atoms with Crippen LogP contribution in [-0.4, -0.2) is 20.6 Å². The van der Waals surface area contributed by atoms with Gasteiger partial charge in [-0.1, -0.05) is 0 Å². The molecule has 0 fully saturated rings. The molecule has 0 aliphatic rings. The van der Waals surface area contributed by atoms with Crippen LogP contribution >= 0.6 is 0 Å². The molecule has 2 rings (SSSR count). The number of aromatic carboxylic acids is 1. The summed E-state index contributed by atoms with van der Waals surface area (Å²) in [5.74, 6) is -0.922. The Morgan fingerprint density at radius 1 is 1.38 bits per heavy atom. The van der Waals surface area contributed by atoms with Crippen LogP contribution in [0.15, 0.2) is 18.3 Å². The topological polar surface area (TPSA) is 58.0 Å². The van der Waals surface area contributed by atoms with E-state index in [-0.39, 0.29) is 5.69 Å². The van der Waals surface area contributed by atoms with Gasteiger partial charge < -0.3 is 14.7 Å². The molecular weight excluding hydrogens is 204 g/mol. The number of carboxylic acid groups (broad SMARTS) is 1. The summed E-state index contributed by atoms with van der Waals surface area (Å²) in [6, 6.07) is 3.88. The lowest BCUT2D eigenvalue weighted by atomic mass is 10.2. The van der Waals surface area contributed by atoms with E-state index in [4.69, 9.17) is 5.11 Å². The van der Waals surface area contributed by atoms with E-state index >= 15 is 0 Å². The smallest absolute Gasteiger partial charge is 0.352 e. The molecule has 4 heteroatoms. The first-order chi connectivity index (χ1) is 7.49. The molecule has 16 heavy (non-hydrogen) atoms. The first kappa shape index (κ1) is 10.5. The third-order valence-corrected chi connectivity index (χ3v) is 2.65. The minimum atomic E-state index is -0.922. The Bertz CT molecular complexity index is 549. The van der Waals surface area contributed by atoms with Gasteiger partial charge in [0, 0.05) is 13.2 Å². The van der Waals surface area contributed by atoms with Gasteiger partial charge >= 0.3 is 5.97 Å². The Labute approximate surface area is 93.5 Å². The zero-order valence-electron chi connectivity index (χ0n) is 9.53. The van der Waals surface area contributed by atoms with Crippen molar-refractivity contribution in [2.24, 2.45) is 7.05 Å². The first-order valence-electron chi connectivity index (χ1n) is 5.05. The van der Waals surface area contributed by atoms with Gasteiger partial charge in [-0.2, -0.15) is 0 Å². The summed E-state index contributed by atoms with van der Waals surface area (Å²) in [5, 5.41) is 8.96. The molecule has 2 N–H and O–H groups in total. The van der Waals surface area contributed by atoms with Crippen molar-refractivity contribution in [1.29, 1.82) is 0 Å². The number of aromatic amines is 1. The highest BCUT2D eigenvalue weighted by atomic mass is 16.4. The Morgan fingerprint density at radius 3 is 2.50 bits per heavy atom. The van der Waals surface area contributed by atoms with Gasteiger partial charge in [-0.25, -0.2) is 4.79 Å². The lowest BCUT2D eigenvalue weighted by Crippen LogP contribution is -1.98. The molecule has 0 aliphatic carbocycles. The maximum atomic E-state index is 10.9. The average Bonchev–Trinajstić information content (AvgIpc) is 2.69. The molecule has 0 atom stereocenters. The highest BCUT2D eigenvalue weighted by molar-refractivity contribution is 5.88. The first-order valence-corrected chi connectivity index (χ1v) is 5.05. The third-order valence-electron chi connectivity index (χ3n) is 2.65. The normalized spacial score (nSPS) is 10.7. The van der Waals surface area contributed by atoms with Crippen molar-refractivity contribution in [3.63, 3.8) is 0 Å². The van der Waals surface area contributed by atoms with Gasteiger partial charge in [0.25, 0.3) is 0 Å². The molecule has 2 aromatic heterocycles. The lowest BCUT2D eigenvalue weighted by molar-refractivity contribution is 0.0690. The Morgan fingerprint density at radius 2 is 2.06 bits per heavy atom. The molecule has 0 aliphatic heterocycles. The highest BCUT2D eigenvalue weighted by Crippen LogP contribution is 2.23. The van der Waals surface area contributed by atoms with E-state index < -0.39 is 5.97 Å². The second-order valence-electron chi connectivity index (χ2n) is 4.06. The summed E-state index contributed by atoms with van der Waals surface area (Å²) in [6.07, 6.45) is 2.01. The van der Waals surface area contributed by atoms with Gasteiger partial charge in [-0.05, 0) is 37.1 Å². The molecule has 0 amide bonds. The van der Waals surface area contributed by atoms with E-state index in [0.29, 0.717) is 0 Å². The number of nitrogens with zero attached hydrogens (tertiary/aromatic N) is 1. The molecule has 84 valence electrons. The fourth-order valence-electron chi connectivity index (χ4n) is 1.92. The van der Waals surface area contributed by atoms with Crippen molar-refractivity contribution in [2.45, 2.75) is 13.8 Å². The van der Waals surface area contributed by atoms with E-state index in [0.717, 1.165) is 22.5 Å². The second-order valence-corrected chi connectivity index (χ2v) is 4.06. The molecule has 0 spiro atoms. The molecular formula is C12H14N2O2. The van der Waals surface area contributed by atoms with Crippen molar-refractivity contribution in [3.8, 4) is 11.4 Å². The number of H-pyrrole nitrogens is 1. The van der Waals surface area contributed by atoms with E-state index in [9.17, 15) is 4.79 Å². The van der Waals surface area contributed by atoms with Crippen molar-refractivity contribution >= 4 is 5.97 Å². The van der Waals surface area contributed by atoms with Crippen molar-refractivity contribution in [3.05, 3.63) is 35.2 Å². The molecule has 2 heterocycles. The Hall–Kier alpha value is -1.97. The molecule has 0 saturated carbocycles. The number of aromatic nitrogens is 2. The standard InChI is InChI=1S/C12H14N2O2/c1-7-4-10(14(3)6-7)9-5-8(2)11(13-9)12(15)16/h4-6,13H,1-3H3,(H,15,16). The molecule has 0 radical (unpaired) electrons. The van der Waals surface area contributed by atoms with Crippen LogP contribution in [0.1, 0.15) is 21.6 Å². The largest absolute Gasteiger partial charge is 0.477 e. The number of rotatable bonds is 2. The number of hydrogen-bond acceptors (Lipinski definition) is 1. The van der Waals surface area contributed by atoms with Crippen LogP contribution in [-0.2, 0) is 7.05 Å². The summed E-state index contributed by atoms with van der Waals surface area (Å²) in [7, 11) is 1.94. The molecule has 0 unspecified atom stereocenters. The fourth-order valence-corrected chi connectivity index (χ4v) is 1.92. The monoisotopic (exact) mass is 218 g/mol. The van der Waals surface area contributed by atoms with Gasteiger partial charge in [0.15, 0.2) is 0 Å². The van der Waals surface area contributed by atoms with Crippen LogP contribution in [0.2, 0.25) is 0 Å². The van der Waals surface area contributed by atoms with Crippen LogP contribution in [0.5, 0.6) is 0 Å². The number of nitrogens with one attached hydrogen (secondary N) is 1. The van der Waals surface area contributed by atoms with Crippen LogP contribution in [0.4, 0.5) is 0 Å². The Kier molecular flexibility index (Phi) is 2.34.